The minimum atomic E-state index is -3.08. The first kappa shape index (κ1) is 15.3. The molecular weight excluding hydrogens is 260 g/mol. The van der Waals surface area contributed by atoms with Crippen LogP contribution in [0.25, 0.3) is 0 Å². The van der Waals surface area contributed by atoms with E-state index in [0.29, 0.717) is 6.04 Å². The highest BCUT2D eigenvalue weighted by Gasteiger charge is 2.22. The molecule has 2 N–H and O–H groups in total. The summed E-state index contributed by atoms with van der Waals surface area (Å²) in [7, 11) is -3.08. The second-order valence-corrected chi connectivity index (χ2v) is 8.20. The van der Waals surface area contributed by atoms with Gasteiger partial charge < -0.3 is 5.32 Å². The minimum absolute atomic E-state index is 0.173. The van der Waals surface area contributed by atoms with Crippen LogP contribution in [0.2, 0.25) is 0 Å². The van der Waals surface area contributed by atoms with E-state index in [1.54, 1.807) is 0 Å². The van der Waals surface area contributed by atoms with Crippen LogP contribution in [0.4, 0.5) is 0 Å². The van der Waals surface area contributed by atoms with Gasteiger partial charge in [0, 0.05) is 12.1 Å². The molecule has 2 aliphatic rings. The lowest BCUT2D eigenvalue weighted by Gasteiger charge is -2.16. The van der Waals surface area contributed by atoms with E-state index in [2.05, 4.69) is 17.0 Å². The standard InChI is InChI=1S/C14H28N2O2S/c1-12-4-2-5-14(7-6-12)16-19(17,18)11-3-10-15-13-8-9-13/h12-16H,2-11H2,1H3. The van der Waals surface area contributed by atoms with E-state index in [1.165, 1.54) is 19.3 Å². The topological polar surface area (TPSA) is 58.2 Å². The Labute approximate surface area is 117 Å². The van der Waals surface area contributed by atoms with Crippen LogP contribution in [0.1, 0.15) is 58.3 Å². The fourth-order valence-electron chi connectivity index (χ4n) is 2.77. The number of hydrogen-bond donors (Lipinski definition) is 2. The Hall–Kier alpha value is -0.130. The summed E-state index contributed by atoms with van der Waals surface area (Å²) >= 11 is 0. The lowest BCUT2D eigenvalue weighted by molar-refractivity contribution is 0.484. The van der Waals surface area contributed by atoms with Gasteiger partial charge in [0.1, 0.15) is 0 Å². The third-order valence-corrected chi connectivity index (χ3v) is 5.72. The molecule has 0 radical (unpaired) electrons. The van der Waals surface area contributed by atoms with Gasteiger partial charge in [-0.05, 0) is 51.0 Å². The van der Waals surface area contributed by atoms with Crippen molar-refractivity contribution in [3.63, 3.8) is 0 Å². The van der Waals surface area contributed by atoms with E-state index in [9.17, 15) is 8.42 Å². The monoisotopic (exact) mass is 288 g/mol. The van der Waals surface area contributed by atoms with Crippen LogP contribution in [0, 0.1) is 5.92 Å². The Bertz CT molecular complexity index is 366. The normalized spacial score (nSPS) is 29.1. The van der Waals surface area contributed by atoms with Crippen molar-refractivity contribution in [2.75, 3.05) is 12.3 Å². The molecule has 4 nitrogen and oxygen atoms in total. The molecule has 0 amide bonds. The van der Waals surface area contributed by atoms with Crippen LogP contribution in [-0.4, -0.2) is 32.8 Å². The fourth-order valence-corrected chi connectivity index (χ4v) is 4.16. The molecule has 0 heterocycles. The first-order valence-corrected chi connectivity index (χ1v) is 9.44. The van der Waals surface area contributed by atoms with E-state index >= 15 is 0 Å². The molecule has 0 aromatic rings. The van der Waals surface area contributed by atoms with Crippen LogP contribution in [-0.2, 0) is 10.0 Å². The van der Waals surface area contributed by atoms with Gasteiger partial charge in [-0.2, -0.15) is 0 Å². The third kappa shape index (κ3) is 6.23. The summed E-state index contributed by atoms with van der Waals surface area (Å²) in [6, 6.07) is 0.838. The molecule has 2 saturated carbocycles. The van der Waals surface area contributed by atoms with Crippen LogP contribution >= 0.6 is 0 Å². The zero-order valence-corrected chi connectivity index (χ0v) is 12.8. The Morgan fingerprint density at radius 3 is 2.47 bits per heavy atom. The number of sulfonamides is 1. The van der Waals surface area contributed by atoms with Crippen molar-refractivity contribution >= 4 is 10.0 Å². The summed E-state index contributed by atoms with van der Waals surface area (Å²) in [5.41, 5.74) is 0. The predicted octanol–water partition coefficient (Wildman–Crippen LogP) is 2.02. The highest BCUT2D eigenvalue weighted by molar-refractivity contribution is 7.89. The second kappa shape index (κ2) is 7.04. The van der Waals surface area contributed by atoms with Gasteiger partial charge in [-0.25, -0.2) is 13.1 Å². The maximum absolute atomic E-state index is 12.0. The van der Waals surface area contributed by atoms with Crippen molar-refractivity contribution in [3.8, 4) is 0 Å². The Morgan fingerprint density at radius 1 is 1.00 bits per heavy atom. The van der Waals surface area contributed by atoms with Gasteiger partial charge in [0.25, 0.3) is 0 Å². The molecule has 0 bridgehead atoms. The minimum Gasteiger partial charge on any atom is -0.314 e. The molecule has 0 spiro atoms. The summed E-state index contributed by atoms with van der Waals surface area (Å²) in [5.74, 6) is 1.01. The molecule has 2 unspecified atom stereocenters. The Morgan fingerprint density at radius 2 is 1.74 bits per heavy atom. The molecule has 2 atom stereocenters. The molecule has 5 heteroatoms. The number of hydrogen-bond acceptors (Lipinski definition) is 3. The van der Waals surface area contributed by atoms with Gasteiger partial charge >= 0.3 is 0 Å². The summed E-state index contributed by atoms with van der Waals surface area (Å²) in [6.07, 6.45) is 8.77. The van der Waals surface area contributed by atoms with Crippen LogP contribution < -0.4 is 10.0 Å². The summed E-state index contributed by atoms with van der Waals surface area (Å²) < 4.78 is 26.9. The van der Waals surface area contributed by atoms with Gasteiger partial charge in [0.2, 0.25) is 10.0 Å². The van der Waals surface area contributed by atoms with Gasteiger partial charge in [0.15, 0.2) is 0 Å². The van der Waals surface area contributed by atoms with Crippen LogP contribution in [0.15, 0.2) is 0 Å². The van der Waals surface area contributed by atoms with Crippen molar-refractivity contribution in [2.24, 2.45) is 5.92 Å². The largest absolute Gasteiger partial charge is 0.314 e. The molecule has 0 aliphatic heterocycles. The van der Waals surface area contributed by atoms with Gasteiger partial charge in [-0.3, -0.25) is 0 Å². The number of nitrogens with one attached hydrogen (secondary N) is 2. The summed E-state index contributed by atoms with van der Waals surface area (Å²) in [5, 5.41) is 3.36. The fraction of sp³-hybridized carbons (Fsp3) is 1.00. The van der Waals surface area contributed by atoms with Crippen LogP contribution in [0.3, 0.4) is 0 Å². The molecule has 0 saturated heterocycles. The van der Waals surface area contributed by atoms with E-state index < -0.39 is 10.0 Å². The van der Waals surface area contributed by atoms with Crippen molar-refractivity contribution < 1.29 is 8.42 Å². The summed E-state index contributed by atoms with van der Waals surface area (Å²) in [6.45, 7) is 3.09. The Balaban J connectivity index is 1.66. The molecule has 19 heavy (non-hydrogen) atoms. The second-order valence-electron chi connectivity index (χ2n) is 6.33. The maximum Gasteiger partial charge on any atom is 0.211 e. The molecule has 2 rings (SSSR count). The first-order chi connectivity index (χ1) is 9.05. The molecule has 112 valence electrons. The predicted molar refractivity (Wildman–Crippen MR) is 78.6 cm³/mol. The lowest BCUT2D eigenvalue weighted by Crippen LogP contribution is -2.36. The maximum atomic E-state index is 12.0. The molecular formula is C14H28N2O2S. The van der Waals surface area contributed by atoms with E-state index in [4.69, 9.17) is 0 Å². The van der Waals surface area contributed by atoms with Crippen molar-refractivity contribution in [1.82, 2.24) is 10.0 Å². The van der Waals surface area contributed by atoms with Crippen molar-refractivity contribution in [3.05, 3.63) is 0 Å². The third-order valence-electron chi connectivity index (χ3n) is 4.20. The Kier molecular flexibility index (Phi) is 5.66. The van der Waals surface area contributed by atoms with E-state index in [-0.39, 0.29) is 11.8 Å². The zero-order chi connectivity index (χ0) is 13.7. The van der Waals surface area contributed by atoms with E-state index in [1.807, 2.05) is 0 Å². The highest BCUT2D eigenvalue weighted by Crippen LogP contribution is 2.23. The first-order valence-electron chi connectivity index (χ1n) is 7.78. The molecule has 2 fully saturated rings. The molecule has 2 aliphatic carbocycles. The van der Waals surface area contributed by atoms with Gasteiger partial charge in [-0.15, -0.1) is 0 Å². The molecule has 0 aromatic carbocycles. The number of rotatable bonds is 7. The van der Waals surface area contributed by atoms with Crippen molar-refractivity contribution in [2.45, 2.75) is 70.4 Å². The van der Waals surface area contributed by atoms with Crippen molar-refractivity contribution in [1.29, 1.82) is 0 Å². The molecule has 0 aromatic heterocycles. The van der Waals surface area contributed by atoms with Crippen LogP contribution in [0.5, 0.6) is 0 Å². The van der Waals surface area contributed by atoms with Gasteiger partial charge in [0.05, 0.1) is 5.75 Å². The quantitative estimate of drug-likeness (QED) is 0.556. The lowest BCUT2D eigenvalue weighted by atomic mass is 10.0. The highest BCUT2D eigenvalue weighted by atomic mass is 32.2. The zero-order valence-electron chi connectivity index (χ0n) is 12.0. The average Bonchev–Trinajstić information content (AvgIpc) is 3.15. The van der Waals surface area contributed by atoms with Gasteiger partial charge in [-0.1, -0.05) is 19.8 Å². The summed E-state index contributed by atoms with van der Waals surface area (Å²) in [4.78, 5) is 0. The smallest absolute Gasteiger partial charge is 0.211 e. The SMILES string of the molecule is CC1CCCC(NS(=O)(=O)CCCNC2CC2)CC1. The van der Waals surface area contributed by atoms with E-state index in [0.717, 1.165) is 44.6 Å². The average molecular weight is 288 g/mol.